The number of aromatic carboxylic acids is 1. The smallest absolute Gasteiger partial charge is 0.336 e. The van der Waals surface area contributed by atoms with E-state index in [0.29, 0.717) is 29.2 Å². The molecular formula is C25H34BrN3O4S. The zero-order valence-corrected chi connectivity index (χ0v) is 22.7. The van der Waals surface area contributed by atoms with Crippen LogP contribution in [-0.2, 0) is 29.1 Å². The summed E-state index contributed by atoms with van der Waals surface area (Å²) in [6.07, 6.45) is 5.39. The van der Waals surface area contributed by atoms with Crippen LogP contribution < -0.4 is 5.32 Å². The molecule has 1 heterocycles. The lowest BCUT2D eigenvalue weighted by Gasteiger charge is -2.19. The molecule has 1 atom stereocenters. The number of halogens is 1. The molecule has 0 saturated carbocycles. The Morgan fingerprint density at radius 1 is 1.26 bits per heavy atom. The van der Waals surface area contributed by atoms with Crippen LogP contribution in [0, 0.1) is 11.8 Å². The van der Waals surface area contributed by atoms with Crippen molar-refractivity contribution in [3.05, 3.63) is 51.5 Å². The second kappa shape index (κ2) is 13.7. The van der Waals surface area contributed by atoms with E-state index in [1.54, 1.807) is 18.3 Å². The van der Waals surface area contributed by atoms with Gasteiger partial charge >= 0.3 is 5.97 Å². The van der Waals surface area contributed by atoms with Gasteiger partial charge in [-0.25, -0.2) is 9.78 Å². The van der Waals surface area contributed by atoms with Crippen LogP contribution in [0.15, 0.2) is 28.9 Å². The van der Waals surface area contributed by atoms with E-state index >= 15 is 0 Å². The molecule has 2 rings (SSSR count). The fourth-order valence-electron chi connectivity index (χ4n) is 3.70. The van der Waals surface area contributed by atoms with Gasteiger partial charge in [0.05, 0.1) is 24.0 Å². The zero-order chi connectivity index (χ0) is 25.3. The number of amides is 1. The van der Waals surface area contributed by atoms with E-state index in [-0.39, 0.29) is 22.5 Å². The van der Waals surface area contributed by atoms with Crippen molar-refractivity contribution < 1.29 is 19.5 Å². The standard InChI is InChI=1S/C25H34BrN3O4S/c1-5-6-7-23-27-12-20(13-28-24(31)19(10-16(2)3)15-34-17(4)30)29(23)14-18-8-9-21(25(32)33)22(26)11-18/h8-9,11-12,16,19H,5-7,10,13-15H2,1-4H3,(H,28,31)(H,32,33). The third kappa shape index (κ3) is 8.58. The second-order valence-corrected chi connectivity index (χ2v) is 10.9. The van der Waals surface area contributed by atoms with Gasteiger partial charge in [0.1, 0.15) is 5.82 Å². The lowest BCUT2D eigenvalue weighted by molar-refractivity contribution is -0.125. The van der Waals surface area contributed by atoms with Crippen LogP contribution in [0.2, 0.25) is 0 Å². The largest absolute Gasteiger partial charge is 0.478 e. The fourth-order valence-corrected chi connectivity index (χ4v) is 5.01. The number of benzene rings is 1. The van der Waals surface area contributed by atoms with Crippen molar-refractivity contribution in [2.75, 3.05) is 5.75 Å². The maximum absolute atomic E-state index is 12.9. The maximum atomic E-state index is 12.9. The summed E-state index contributed by atoms with van der Waals surface area (Å²) < 4.78 is 2.63. The number of rotatable bonds is 13. The van der Waals surface area contributed by atoms with Crippen LogP contribution in [0.4, 0.5) is 0 Å². The Labute approximate surface area is 214 Å². The van der Waals surface area contributed by atoms with Crippen LogP contribution in [0.1, 0.15) is 74.4 Å². The Morgan fingerprint density at radius 3 is 2.59 bits per heavy atom. The van der Waals surface area contributed by atoms with E-state index in [9.17, 15) is 19.5 Å². The van der Waals surface area contributed by atoms with Crippen LogP contribution in [0.25, 0.3) is 0 Å². The van der Waals surface area contributed by atoms with Gasteiger partial charge < -0.3 is 15.0 Å². The molecule has 2 N–H and O–H groups in total. The average Bonchev–Trinajstić information content (AvgIpc) is 3.14. The molecule has 9 heteroatoms. The summed E-state index contributed by atoms with van der Waals surface area (Å²) in [4.78, 5) is 40.3. The SMILES string of the molecule is CCCCc1ncc(CNC(=O)C(CSC(C)=O)CC(C)C)n1Cc1ccc(C(=O)O)c(Br)c1. The number of hydrogen-bond donors (Lipinski definition) is 2. The Balaban J connectivity index is 2.20. The average molecular weight is 553 g/mol. The lowest BCUT2D eigenvalue weighted by atomic mass is 9.98. The van der Waals surface area contributed by atoms with Gasteiger partial charge in [-0.15, -0.1) is 0 Å². The molecular weight excluding hydrogens is 518 g/mol. The molecule has 1 unspecified atom stereocenters. The predicted octanol–water partition coefficient (Wildman–Crippen LogP) is 5.29. The third-order valence-electron chi connectivity index (χ3n) is 5.44. The van der Waals surface area contributed by atoms with Gasteiger partial charge in [0.25, 0.3) is 0 Å². The zero-order valence-electron chi connectivity index (χ0n) is 20.3. The van der Waals surface area contributed by atoms with E-state index in [4.69, 9.17) is 0 Å². The van der Waals surface area contributed by atoms with Gasteiger partial charge in [-0.05, 0) is 52.4 Å². The van der Waals surface area contributed by atoms with Gasteiger partial charge in [-0.2, -0.15) is 0 Å². The molecule has 7 nitrogen and oxygen atoms in total. The highest BCUT2D eigenvalue weighted by atomic mass is 79.9. The Bertz CT molecular complexity index is 1010. The van der Waals surface area contributed by atoms with E-state index < -0.39 is 5.97 Å². The fraction of sp³-hybridized carbons (Fsp3) is 0.520. The van der Waals surface area contributed by atoms with E-state index in [1.165, 1.54) is 18.7 Å². The lowest BCUT2D eigenvalue weighted by Crippen LogP contribution is -2.33. The van der Waals surface area contributed by atoms with Crippen molar-refractivity contribution in [1.29, 1.82) is 0 Å². The minimum absolute atomic E-state index is 0.0141. The number of hydrogen-bond acceptors (Lipinski definition) is 5. The van der Waals surface area contributed by atoms with Gasteiger partial charge in [0.2, 0.25) is 5.91 Å². The molecule has 1 aromatic heterocycles. The van der Waals surface area contributed by atoms with Crippen molar-refractivity contribution in [3.63, 3.8) is 0 Å². The Morgan fingerprint density at radius 2 is 2.00 bits per heavy atom. The summed E-state index contributed by atoms with van der Waals surface area (Å²) in [5.74, 6) is 0.497. The molecule has 0 aliphatic heterocycles. The molecule has 186 valence electrons. The molecule has 1 amide bonds. The van der Waals surface area contributed by atoms with Crippen molar-refractivity contribution in [1.82, 2.24) is 14.9 Å². The highest BCUT2D eigenvalue weighted by Crippen LogP contribution is 2.22. The first kappa shape index (κ1) is 28.1. The number of nitrogens with one attached hydrogen (secondary N) is 1. The molecule has 0 aliphatic carbocycles. The maximum Gasteiger partial charge on any atom is 0.336 e. The number of nitrogens with zero attached hydrogens (tertiary/aromatic N) is 2. The minimum atomic E-state index is -0.980. The third-order valence-corrected chi connectivity index (χ3v) is 7.07. The Hall–Kier alpha value is -2.13. The predicted molar refractivity (Wildman–Crippen MR) is 139 cm³/mol. The number of aromatic nitrogens is 2. The first-order chi connectivity index (χ1) is 16.1. The highest BCUT2D eigenvalue weighted by Gasteiger charge is 2.21. The normalized spacial score (nSPS) is 12.1. The molecule has 0 fully saturated rings. The number of unbranched alkanes of at least 4 members (excludes halogenated alkanes) is 1. The summed E-state index contributed by atoms with van der Waals surface area (Å²) in [7, 11) is 0. The molecule has 34 heavy (non-hydrogen) atoms. The second-order valence-electron chi connectivity index (χ2n) is 8.82. The minimum Gasteiger partial charge on any atom is -0.478 e. The first-order valence-electron chi connectivity index (χ1n) is 11.6. The molecule has 2 aromatic rings. The van der Waals surface area contributed by atoms with Gasteiger partial charge in [-0.3, -0.25) is 9.59 Å². The van der Waals surface area contributed by atoms with E-state index in [1.807, 2.05) is 6.07 Å². The van der Waals surface area contributed by atoms with Crippen LogP contribution >= 0.6 is 27.7 Å². The van der Waals surface area contributed by atoms with Crippen LogP contribution in [-0.4, -0.2) is 37.4 Å². The summed E-state index contributed by atoms with van der Waals surface area (Å²) in [5.41, 5.74) is 2.05. The summed E-state index contributed by atoms with van der Waals surface area (Å²) >= 11 is 4.54. The Kier molecular flexibility index (Phi) is 11.3. The number of carbonyl (C=O) groups excluding carboxylic acids is 2. The molecule has 1 aromatic carbocycles. The topological polar surface area (TPSA) is 101 Å². The number of thioether (sulfide) groups is 1. The summed E-state index contributed by atoms with van der Waals surface area (Å²) in [5, 5.41) is 12.3. The van der Waals surface area contributed by atoms with E-state index in [0.717, 1.165) is 42.8 Å². The molecule has 0 spiro atoms. The summed E-state index contributed by atoms with van der Waals surface area (Å²) in [6, 6.07) is 5.21. The molecule has 0 saturated heterocycles. The number of aryl methyl sites for hydroxylation is 1. The quantitative estimate of drug-likeness (QED) is 0.350. The van der Waals surface area contributed by atoms with Gasteiger partial charge in [0, 0.05) is 36.0 Å². The van der Waals surface area contributed by atoms with Crippen molar-refractivity contribution in [2.24, 2.45) is 11.8 Å². The van der Waals surface area contributed by atoms with E-state index in [2.05, 4.69) is 51.6 Å². The van der Waals surface area contributed by atoms with Crippen LogP contribution in [0.5, 0.6) is 0 Å². The van der Waals surface area contributed by atoms with Crippen molar-refractivity contribution in [3.8, 4) is 0 Å². The number of carboxylic acids is 1. The monoisotopic (exact) mass is 551 g/mol. The first-order valence-corrected chi connectivity index (χ1v) is 13.4. The van der Waals surface area contributed by atoms with Crippen molar-refractivity contribution >= 4 is 44.7 Å². The highest BCUT2D eigenvalue weighted by molar-refractivity contribution is 9.10. The number of imidazole rings is 1. The molecule has 0 aliphatic rings. The molecule has 0 radical (unpaired) electrons. The van der Waals surface area contributed by atoms with Gasteiger partial charge in [-0.1, -0.05) is 45.0 Å². The number of carbonyl (C=O) groups is 3. The van der Waals surface area contributed by atoms with Crippen molar-refractivity contribution in [2.45, 2.75) is 66.5 Å². The molecule has 0 bridgehead atoms. The van der Waals surface area contributed by atoms with Gasteiger partial charge in [0.15, 0.2) is 5.12 Å². The van der Waals surface area contributed by atoms with Crippen LogP contribution in [0.3, 0.4) is 0 Å². The summed E-state index contributed by atoms with van der Waals surface area (Å²) in [6.45, 7) is 8.66. The number of carboxylic acid groups (broad SMARTS) is 1.